The molecule has 0 bridgehead atoms. The first-order valence-corrected chi connectivity index (χ1v) is 8.42. The summed E-state index contributed by atoms with van der Waals surface area (Å²) in [4.78, 5) is 37.5. The Bertz CT molecular complexity index is 891. The fraction of sp³-hybridized carbons (Fsp3) is 0.250. The number of benzene rings is 2. The van der Waals surface area contributed by atoms with Crippen LogP contribution < -0.4 is 5.73 Å². The predicted molar refractivity (Wildman–Crippen MR) is 96.1 cm³/mol. The molecule has 6 nitrogen and oxygen atoms in total. The van der Waals surface area contributed by atoms with Crippen LogP contribution in [0.3, 0.4) is 0 Å². The summed E-state index contributed by atoms with van der Waals surface area (Å²) in [5.74, 6) is -2.35. The lowest BCUT2D eigenvalue weighted by Gasteiger charge is -2.33. The van der Waals surface area contributed by atoms with E-state index in [1.165, 1.54) is 17.7 Å². The third-order valence-corrected chi connectivity index (χ3v) is 4.89. The van der Waals surface area contributed by atoms with Crippen LogP contribution in [-0.2, 0) is 6.42 Å². The van der Waals surface area contributed by atoms with Gasteiger partial charge in [0.15, 0.2) is 0 Å². The third-order valence-electron chi connectivity index (χ3n) is 4.89. The largest absolute Gasteiger partial charge is 0.478 e. The number of hydrogen-bond acceptors (Lipinski definition) is 3. The van der Waals surface area contributed by atoms with Gasteiger partial charge in [-0.1, -0.05) is 24.3 Å². The molecule has 134 valence electrons. The number of fused-ring (bicyclic) bond motifs is 1. The van der Waals surface area contributed by atoms with Gasteiger partial charge in [0.05, 0.1) is 22.7 Å². The lowest BCUT2D eigenvalue weighted by Crippen LogP contribution is -2.34. The van der Waals surface area contributed by atoms with Crippen molar-refractivity contribution >= 4 is 17.8 Å². The van der Waals surface area contributed by atoms with Gasteiger partial charge < -0.3 is 15.7 Å². The van der Waals surface area contributed by atoms with Gasteiger partial charge in [-0.3, -0.25) is 9.59 Å². The number of carbonyl (C=O) groups is 3. The highest BCUT2D eigenvalue weighted by atomic mass is 16.4. The van der Waals surface area contributed by atoms with Gasteiger partial charge >= 0.3 is 5.97 Å². The van der Waals surface area contributed by atoms with E-state index in [1.54, 1.807) is 11.9 Å². The molecule has 0 spiro atoms. The Labute approximate surface area is 151 Å². The van der Waals surface area contributed by atoms with Gasteiger partial charge in [-0.25, -0.2) is 4.79 Å². The number of hydrogen-bond donors (Lipinski definition) is 2. The first-order valence-electron chi connectivity index (χ1n) is 8.42. The standard InChI is InChI=1S/C20H20N2O4/c1-22(17-8-4-6-12-5-2-3-7-14(12)17)19(24)15-10-9-13(20(25)26)11-16(15)18(21)23/h2-3,5,7,9-11,17H,4,6,8H2,1H3,(H2,21,23)(H,25,26)/t17-/m0/s1. The smallest absolute Gasteiger partial charge is 0.335 e. The minimum Gasteiger partial charge on any atom is -0.478 e. The molecular formula is C20H20N2O4. The molecule has 3 rings (SSSR count). The summed E-state index contributed by atoms with van der Waals surface area (Å²) in [6.45, 7) is 0. The van der Waals surface area contributed by atoms with Crippen LogP contribution >= 0.6 is 0 Å². The summed E-state index contributed by atoms with van der Waals surface area (Å²) in [5, 5.41) is 9.10. The van der Waals surface area contributed by atoms with Crippen molar-refractivity contribution in [2.75, 3.05) is 7.05 Å². The number of rotatable bonds is 4. The van der Waals surface area contributed by atoms with Crippen molar-refractivity contribution in [2.24, 2.45) is 5.73 Å². The van der Waals surface area contributed by atoms with E-state index in [0.29, 0.717) is 0 Å². The second-order valence-corrected chi connectivity index (χ2v) is 6.45. The minimum absolute atomic E-state index is 0.0779. The highest BCUT2D eigenvalue weighted by molar-refractivity contribution is 6.08. The number of carbonyl (C=O) groups excluding carboxylic acids is 2. The number of amides is 2. The summed E-state index contributed by atoms with van der Waals surface area (Å²) in [6, 6.07) is 11.8. The molecule has 0 heterocycles. The van der Waals surface area contributed by atoms with Crippen LogP contribution in [0.2, 0.25) is 0 Å². The Morgan fingerprint density at radius 1 is 1.12 bits per heavy atom. The van der Waals surface area contributed by atoms with Crippen LogP contribution in [0.4, 0.5) is 0 Å². The Balaban J connectivity index is 1.97. The Kier molecular flexibility index (Phi) is 4.75. The molecule has 0 saturated carbocycles. The van der Waals surface area contributed by atoms with E-state index in [4.69, 9.17) is 10.8 Å². The van der Waals surface area contributed by atoms with E-state index in [0.717, 1.165) is 30.9 Å². The van der Waals surface area contributed by atoms with Crippen LogP contribution in [0.25, 0.3) is 0 Å². The van der Waals surface area contributed by atoms with E-state index in [9.17, 15) is 14.4 Å². The second-order valence-electron chi connectivity index (χ2n) is 6.45. The van der Waals surface area contributed by atoms with Gasteiger partial charge in [0, 0.05) is 7.05 Å². The van der Waals surface area contributed by atoms with Gasteiger partial charge in [0.1, 0.15) is 0 Å². The Morgan fingerprint density at radius 3 is 2.54 bits per heavy atom. The first-order chi connectivity index (χ1) is 12.4. The van der Waals surface area contributed by atoms with Crippen molar-refractivity contribution in [3.63, 3.8) is 0 Å². The molecule has 2 aromatic rings. The van der Waals surface area contributed by atoms with Crippen molar-refractivity contribution in [3.05, 3.63) is 70.3 Å². The number of nitrogens with two attached hydrogens (primary N) is 1. The maximum Gasteiger partial charge on any atom is 0.335 e. The molecule has 3 N–H and O–H groups in total. The van der Waals surface area contributed by atoms with Crippen LogP contribution in [0.5, 0.6) is 0 Å². The molecule has 0 aromatic heterocycles. The molecule has 0 saturated heterocycles. The highest BCUT2D eigenvalue weighted by Gasteiger charge is 2.29. The summed E-state index contributed by atoms with van der Waals surface area (Å²) in [6.07, 6.45) is 2.78. The van der Waals surface area contributed by atoms with Crippen molar-refractivity contribution in [3.8, 4) is 0 Å². The minimum atomic E-state index is -1.18. The fourth-order valence-corrected chi connectivity index (χ4v) is 3.53. The van der Waals surface area contributed by atoms with Crippen molar-refractivity contribution in [1.82, 2.24) is 4.90 Å². The predicted octanol–water partition coefficient (Wildman–Crippen LogP) is 2.63. The molecule has 26 heavy (non-hydrogen) atoms. The number of aromatic carboxylic acids is 1. The highest BCUT2D eigenvalue weighted by Crippen LogP contribution is 2.34. The Hall–Kier alpha value is -3.15. The Morgan fingerprint density at radius 2 is 1.85 bits per heavy atom. The zero-order valence-electron chi connectivity index (χ0n) is 14.4. The summed E-state index contributed by atoms with van der Waals surface area (Å²) in [5.41, 5.74) is 7.66. The number of primary amides is 1. The van der Waals surface area contributed by atoms with Crippen molar-refractivity contribution in [2.45, 2.75) is 25.3 Å². The number of carboxylic acids is 1. The SMILES string of the molecule is CN(C(=O)c1ccc(C(=O)O)cc1C(N)=O)[C@H]1CCCc2ccccc21. The average Bonchev–Trinajstić information content (AvgIpc) is 2.65. The van der Waals surface area contributed by atoms with E-state index in [2.05, 4.69) is 6.07 Å². The van der Waals surface area contributed by atoms with Crippen LogP contribution in [0, 0.1) is 0 Å². The van der Waals surface area contributed by atoms with E-state index in [-0.39, 0.29) is 28.6 Å². The van der Waals surface area contributed by atoms with Gasteiger partial charge in [-0.05, 0) is 48.6 Å². The number of carboxylic acid groups (broad SMARTS) is 1. The second kappa shape index (κ2) is 7.00. The first kappa shape index (κ1) is 17.7. The molecule has 1 atom stereocenters. The van der Waals surface area contributed by atoms with E-state index in [1.807, 2.05) is 18.2 Å². The summed E-state index contributed by atoms with van der Waals surface area (Å²) < 4.78 is 0. The lowest BCUT2D eigenvalue weighted by atomic mass is 9.86. The van der Waals surface area contributed by atoms with Gasteiger partial charge in [-0.15, -0.1) is 0 Å². The van der Waals surface area contributed by atoms with E-state index >= 15 is 0 Å². The van der Waals surface area contributed by atoms with Crippen LogP contribution in [0.15, 0.2) is 42.5 Å². The molecule has 0 unspecified atom stereocenters. The molecule has 2 aromatic carbocycles. The lowest BCUT2D eigenvalue weighted by molar-refractivity contribution is 0.0688. The van der Waals surface area contributed by atoms with Crippen molar-refractivity contribution < 1.29 is 19.5 Å². The van der Waals surface area contributed by atoms with E-state index < -0.39 is 11.9 Å². The maximum absolute atomic E-state index is 13.0. The van der Waals surface area contributed by atoms with Crippen LogP contribution in [0.1, 0.15) is 61.1 Å². The summed E-state index contributed by atoms with van der Waals surface area (Å²) in [7, 11) is 1.70. The molecule has 0 fully saturated rings. The van der Waals surface area contributed by atoms with Gasteiger partial charge in [0.2, 0.25) is 5.91 Å². The quantitative estimate of drug-likeness (QED) is 0.883. The molecule has 6 heteroatoms. The average molecular weight is 352 g/mol. The van der Waals surface area contributed by atoms with Crippen LogP contribution in [-0.4, -0.2) is 34.8 Å². The summed E-state index contributed by atoms with van der Waals surface area (Å²) >= 11 is 0. The molecule has 1 aliphatic rings. The molecule has 2 amide bonds. The molecular weight excluding hydrogens is 332 g/mol. The number of aryl methyl sites for hydroxylation is 1. The monoisotopic (exact) mass is 352 g/mol. The maximum atomic E-state index is 13.0. The van der Waals surface area contributed by atoms with Gasteiger partial charge in [0.25, 0.3) is 5.91 Å². The number of nitrogens with zero attached hydrogens (tertiary/aromatic N) is 1. The van der Waals surface area contributed by atoms with Crippen molar-refractivity contribution in [1.29, 1.82) is 0 Å². The third kappa shape index (κ3) is 3.18. The molecule has 0 aliphatic heterocycles. The zero-order chi connectivity index (χ0) is 18.8. The topological polar surface area (TPSA) is 101 Å². The molecule has 0 radical (unpaired) electrons. The normalized spacial score (nSPS) is 15.8. The zero-order valence-corrected chi connectivity index (χ0v) is 14.4. The van der Waals surface area contributed by atoms with Gasteiger partial charge in [-0.2, -0.15) is 0 Å². The fourth-order valence-electron chi connectivity index (χ4n) is 3.53. The molecule has 1 aliphatic carbocycles.